The van der Waals surface area contributed by atoms with E-state index in [1.54, 1.807) is 0 Å². The highest BCUT2D eigenvalue weighted by molar-refractivity contribution is 5.62. The average molecular weight is 268 g/mol. The molecule has 2 rings (SSSR count). The van der Waals surface area contributed by atoms with Crippen molar-refractivity contribution in [3.63, 3.8) is 0 Å². The summed E-state index contributed by atoms with van der Waals surface area (Å²) in [6.07, 6.45) is 3.37. The van der Waals surface area contributed by atoms with Crippen LogP contribution >= 0.6 is 0 Å². The molecule has 0 atom stereocenters. The maximum absolute atomic E-state index is 2.34. The molecule has 1 heteroatoms. The van der Waals surface area contributed by atoms with Crippen molar-refractivity contribution in [1.29, 1.82) is 0 Å². The van der Waals surface area contributed by atoms with Gasteiger partial charge in [-0.1, -0.05) is 26.0 Å². The topological polar surface area (TPSA) is 3.88 Å². The lowest BCUT2D eigenvalue weighted by atomic mass is 9.96. The van der Waals surface area contributed by atoms with Crippen LogP contribution in [0.2, 0.25) is 0 Å². The van der Waals surface area contributed by atoms with Crippen LogP contribution in [-0.4, -0.2) is 0 Å². The second kappa shape index (κ2) is 5.78. The first-order valence-corrected chi connectivity index (χ1v) is 7.45. The lowest BCUT2D eigenvalue weighted by Crippen LogP contribution is -2.31. The molecular weight excluding hydrogens is 242 g/mol. The molecule has 0 radical (unpaired) electrons. The van der Waals surface area contributed by atoms with Gasteiger partial charge in [0.2, 0.25) is 5.69 Å². The largest absolute Gasteiger partial charge is 0.212 e. The van der Waals surface area contributed by atoms with Crippen molar-refractivity contribution in [2.45, 2.75) is 41.0 Å². The fourth-order valence-electron chi connectivity index (χ4n) is 2.76. The fourth-order valence-corrected chi connectivity index (χ4v) is 2.76. The summed E-state index contributed by atoms with van der Waals surface area (Å²) in [6, 6.07) is 9.18. The first-order valence-electron chi connectivity index (χ1n) is 7.45. The summed E-state index contributed by atoms with van der Waals surface area (Å²) in [7, 11) is 2.13. The van der Waals surface area contributed by atoms with Gasteiger partial charge in [0, 0.05) is 17.2 Å². The Balaban J connectivity index is 2.46. The van der Waals surface area contributed by atoms with E-state index in [4.69, 9.17) is 0 Å². The molecule has 0 saturated heterocycles. The molecule has 0 spiro atoms. The van der Waals surface area contributed by atoms with Gasteiger partial charge in [0.25, 0.3) is 0 Å². The number of aromatic nitrogens is 1. The van der Waals surface area contributed by atoms with Crippen LogP contribution in [0.3, 0.4) is 0 Å². The molecule has 0 fully saturated rings. The number of pyridine rings is 1. The standard InChI is InChI=1S/C19H26N/c1-13(2)9-17-7-8-18(15(4)10-17)19-11-14(3)16(5)12-20(19)6/h7-8,10-13H,9H2,1-6H3/q+1. The van der Waals surface area contributed by atoms with Crippen molar-refractivity contribution in [2.24, 2.45) is 13.0 Å². The lowest BCUT2D eigenvalue weighted by molar-refractivity contribution is -0.660. The molecule has 0 amide bonds. The molecule has 0 aliphatic carbocycles. The Bertz CT molecular complexity index is 624. The zero-order valence-electron chi connectivity index (χ0n) is 13.6. The van der Waals surface area contributed by atoms with Crippen molar-refractivity contribution in [3.05, 3.63) is 52.7 Å². The summed E-state index contributed by atoms with van der Waals surface area (Å²) in [5.41, 5.74) is 8.12. The monoisotopic (exact) mass is 268 g/mol. The first kappa shape index (κ1) is 14.8. The average Bonchev–Trinajstić information content (AvgIpc) is 2.34. The highest BCUT2D eigenvalue weighted by Gasteiger charge is 2.14. The third kappa shape index (κ3) is 3.09. The predicted molar refractivity (Wildman–Crippen MR) is 85.8 cm³/mol. The molecule has 0 bridgehead atoms. The molecule has 1 aromatic carbocycles. The van der Waals surface area contributed by atoms with Crippen LogP contribution in [0.15, 0.2) is 30.5 Å². The maximum Gasteiger partial charge on any atom is 0.212 e. The fraction of sp³-hybridized carbons (Fsp3) is 0.421. The summed E-state index contributed by atoms with van der Waals surface area (Å²) in [5, 5.41) is 0. The molecule has 106 valence electrons. The lowest BCUT2D eigenvalue weighted by Gasteiger charge is -2.10. The van der Waals surface area contributed by atoms with Crippen LogP contribution in [0, 0.1) is 26.7 Å². The maximum atomic E-state index is 2.34. The number of hydrogen-bond acceptors (Lipinski definition) is 0. The normalized spacial score (nSPS) is 11.2. The molecule has 2 aromatic rings. The zero-order valence-corrected chi connectivity index (χ0v) is 13.6. The number of benzene rings is 1. The first-order chi connectivity index (χ1) is 9.38. The summed E-state index contributed by atoms with van der Waals surface area (Å²) in [6.45, 7) is 11.1. The molecular formula is C19H26N+. The van der Waals surface area contributed by atoms with Crippen LogP contribution in [0.4, 0.5) is 0 Å². The molecule has 0 N–H and O–H groups in total. The Labute approximate surface area is 123 Å². The summed E-state index contributed by atoms with van der Waals surface area (Å²) in [4.78, 5) is 0. The zero-order chi connectivity index (χ0) is 14.9. The van der Waals surface area contributed by atoms with Gasteiger partial charge in [-0.25, -0.2) is 4.57 Å². The van der Waals surface area contributed by atoms with E-state index in [2.05, 4.69) is 76.7 Å². The molecule has 0 saturated carbocycles. The minimum atomic E-state index is 0.706. The molecule has 1 heterocycles. The van der Waals surface area contributed by atoms with E-state index in [9.17, 15) is 0 Å². The van der Waals surface area contributed by atoms with E-state index in [0.29, 0.717) is 5.92 Å². The van der Waals surface area contributed by atoms with Gasteiger partial charge in [-0.05, 0) is 55.9 Å². The van der Waals surface area contributed by atoms with Crippen LogP contribution in [0.1, 0.15) is 36.1 Å². The molecule has 0 unspecified atom stereocenters. The molecule has 0 aliphatic rings. The van der Waals surface area contributed by atoms with Gasteiger partial charge in [0.05, 0.1) is 0 Å². The van der Waals surface area contributed by atoms with Crippen LogP contribution in [0.25, 0.3) is 11.3 Å². The minimum Gasteiger partial charge on any atom is -0.201 e. The van der Waals surface area contributed by atoms with E-state index in [1.807, 2.05) is 0 Å². The van der Waals surface area contributed by atoms with Crippen LogP contribution in [0.5, 0.6) is 0 Å². The van der Waals surface area contributed by atoms with Gasteiger partial charge in [-0.15, -0.1) is 0 Å². The van der Waals surface area contributed by atoms with Crippen molar-refractivity contribution in [2.75, 3.05) is 0 Å². The van der Waals surface area contributed by atoms with E-state index in [-0.39, 0.29) is 0 Å². The molecule has 20 heavy (non-hydrogen) atoms. The highest BCUT2D eigenvalue weighted by atomic mass is 14.9. The van der Waals surface area contributed by atoms with Crippen LogP contribution in [-0.2, 0) is 13.5 Å². The Hall–Kier alpha value is -1.63. The van der Waals surface area contributed by atoms with E-state index < -0.39 is 0 Å². The molecule has 1 aromatic heterocycles. The van der Waals surface area contributed by atoms with Crippen molar-refractivity contribution >= 4 is 0 Å². The Morgan fingerprint density at radius 1 is 0.950 bits per heavy atom. The summed E-state index contributed by atoms with van der Waals surface area (Å²) < 4.78 is 2.23. The SMILES string of the molecule is Cc1cc(-c2ccc(CC(C)C)cc2C)[n+](C)cc1C. The van der Waals surface area contributed by atoms with Crippen molar-refractivity contribution in [1.82, 2.24) is 0 Å². The number of nitrogens with zero attached hydrogens (tertiary/aromatic N) is 1. The Kier molecular flexibility index (Phi) is 4.27. The van der Waals surface area contributed by atoms with Crippen molar-refractivity contribution in [3.8, 4) is 11.3 Å². The van der Waals surface area contributed by atoms with Crippen LogP contribution < -0.4 is 4.57 Å². The van der Waals surface area contributed by atoms with Gasteiger partial charge >= 0.3 is 0 Å². The van der Waals surface area contributed by atoms with Gasteiger partial charge in [0.15, 0.2) is 6.20 Å². The van der Waals surface area contributed by atoms with Gasteiger partial charge in [-0.3, -0.25) is 0 Å². The quantitative estimate of drug-likeness (QED) is 0.731. The van der Waals surface area contributed by atoms with Gasteiger partial charge in [0.1, 0.15) is 7.05 Å². The predicted octanol–water partition coefficient (Wildman–Crippen LogP) is 4.30. The van der Waals surface area contributed by atoms with E-state index in [1.165, 1.54) is 33.5 Å². The highest BCUT2D eigenvalue weighted by Crippen LogP contribution is 2.24. The van der Waals surface area contributed by atoms with Gasteiger partial charge in [-0.2, -0.15) is 0 Å². The third-order valence-electron chi connectivity index (χ3n) is 3.95. The minimum absolute atomic E-state index is 0.706. The second-order valence-electron chi connectivity index (χ2n) is 6.38. The summed E-state index contributed by atoms with van der Waals surface area (Å²) in [5.74, 6) is 0.706. The van der Waals surface area contributed by atoms with Crippen molar-refractivity contribution < 1.29 is 4.57 Å². The second-order valence-corrected chi connectivity index (χ2v) is 6.38. The summed E-state index contributed by atoms with van der Waals surface area (Å²) >= 11 is 0. The molecule has 1 nitrogen and oxygen atoms in total. The Morgan fingerprint density at radius 3 is 2.25 bits per heavy atom. The smallest absolute Gasteiger partial charge is 0.201 e. The third-order valence-corrected chi connectivity index (χ3v) is 3.95. The van der Waals surface area contributed by atoms with Gasteiger partial charge < -0.3 is 0 Å². The molecule has 0 aliphatic heterocycles. The number of aryl methyl sites for hydroxylation is 4. The Morgan fingerprint density at radius 2 is 1.65 bits per heavy atom. The van der Waals surface area contributed by atoms with E-state index in [0.717, 1.165) is 6.42 Å². The number of hydrogen-bond donors (Lipinski definition) is 0. The van der Waals surface area contributed by atoms with E-state index >= 15 is 0 Å². The number of rotatable bonds is 3.